The number of nitro benzene ring substituents is 1. The second kappa shape index (κ2) is 3.53. The number of phenolic OH excluding ortho intramolecular Hbond substituents is 1. The molecule has 0 saturated carbocycles. The lowest BCUT2D eigenvalue weighted by molar-refractivity contribution is -0.384. The number of hydrogen-bond donors (Lipinski definition) is 2. The van der Waals surface area contributed by atoms with Crippen molar-refractivity contribution < 1.29 is 10.0 Å². The number of benzene rings is 1. The van der Waals surface area contributed by atoms with E-state index in [-0.39, 0.29) is 23.0 Å². The molecule has 5 nitrogen and oxygen atoms in total. The predicted octanol–water partition coefficient (Wildman–Crippen LogP) is 2.01. The van der Waals surface area contributed by atoms with Crippen LogP contribution in [0.2, 0.25) is 0 Å². The van der Waals surface area contributed by atoms with Gasteiger partial charge in [-0.3, -0.25) is 10.1 Å². The molecule has 0 unspecified atom stereocenters. The Morgan fingerprint density at radius 1 is 1.50 bits per heavy atom. The van der Waals surface area contributed by atoms with E-state index in [0.717, 1.165) is 6.07 Å². The molecule has 1 rings (SSSR count). The maximum Gasteiger partial charge on any atom is 0.275 e. The molecule has 0 bridgehead atoms. The summed E-state index contributed by atoms with van der Waals surface area (Å²) in [5, 5.41) is 19.9. The number of anilines is 1. The molecule has 0 heterocycles. The van der Waals surface area contributed by atoms with Crippen molar-refractivity contribution in [1.29, 1.82) is 0 Å². The zero-order chi connectivity index (χ0) is 10.9. The summed E-state index contributed by atoms with van der Waals surface area (Å²) in [6.45, 7) is 3.72. The minimum Gasteiger partial charge on any atom is -0.507 e. The fourth-order valence-electron chi connectivity index (χ4n) is 1.38. The first-order valence-corrected chi connectivity index (χ1v) is 4.20. The summed E-state index contributed by atoms with van der Waals surface area (Å²) in [7, 11) is 0. The van der Waals surface area contributed by atoms with E-state index in [0.29, 0.717) is 5.56 Å². The Kier molecular flexibility index (Phi) is 2.60. The number of non-ortho nitro benzene ring substituents is 1. The average molecular weight is 196 g/mol. The predicted molar refractivity (Wildman–Crippen MR) is 53.3 cm³/mol. The molecule has 0 radical (unpaired) electrons. The van der Waals surface area contributed by atoms with E-state index < -0.39 is 4.92 Å². The molecule has 1 aromatic carbocycles. The van der Waals surface area contributed by atoms with E-state index in [9.17, 15) is 15.2 Å². The third-order valence-corrected chi connectivity index (χ3v) is 1.96. The number of nitrogens with two attached hydrogens (primary N) is 1. The summed E-state index contributed by atoms with van der Waals surface area (Å²) >= 11 is 0. The smallest absolute Gasteiger partial charge is 0.275 e. The second-order valence-electron chi connectivity index (χ2n) is 3.38. The highest BCUT2D eigenvalue weighted by atomic mass is 16.6. The van der Waals surface area contributed by atoms with Crippen molar-refractivity contribution in [3.63, 3.8) is 0 Å². The Morgan fingerprint density at radius 2 is 2.07 bits per heavy atom. The first kappa shape index (κ1) is 10.3. The highest BCUT2D eigenvalue weighted by Crippen LogP contribution is 2.34. The van der Waals surface area contributed by atoms with Gasteiger partial charge in [0, 0.05) is 17.3 Å². The van der Waals surface area contributed by atoms with E-state index in [1.807, 2.05) is 13.8 Å². The topological polar surface area (TPSA) is 89.4 Å². The Bertz CT molecular complexity index is 351. The van der Waals surface area contributed by atoms with Gasteiger partial charge in [0.15, 0.2) is 0 Å². The zero-order valence-electron chi connectivity index (χ0n) is 8.02. The molecule has 76 valence electrons. The van der Waals surface area contributed by atoms with Crippen LogP contribution in [0.1, 0.15) is 25.3 Å². The molecule has 0 aliphatic rings. The lowest BCUT2D eigenvalue weighted by Gasteiger charge is -2.10. The number of hydrogen-bond acceptors (Lipinski definition) is 4. The molecule has 1 aromatic rings. The van der Waals surface area contributed by atoms with Crippen LogP contribution in [0.4, 0.5) is 11.4 Å². The number of phenols is 1. The minimum atomic E-state index is -0.583. The van der Waals surface area contributed by atoms with Crippen molar-refractivity contribution in [3.8, 4) is 5.75 Å². The minimum absolute atomic E-state index is 0.0378. The van der Waals surface area contributed by atoms with Gasteiger partial charge in [-0.05, 0) is 5.92 Å². The van der Waals surface area contributed by atoms with Crippen LogP contribution in [-0.4, -0.2) is 10.0 Å². The summed E-state index contributed by atoms with van der Waals surface area (Å²) in [4.78, 5) is 9.84. The monoisotopic (exact) mass is 196 g/mol. The number of rotatable bonds is 2. The molecular formula is C9H12N2O3. The van der Waals surface area contributed by atoms with Crippen molar-refractivity contribution in [2.75, 3.05) is 5.73 Å². The first-order chi connectivity index (χ1) is 6.43. The van der Waals surface area contributed by atoms with Crippen LogP contribution in [0.5, 0.6) is 5.75 Å². The van der Waals surface area contributed by atoms with Crippen LogP contribution in [-0.2, 0) is 0 Å². The zero-order valence-corrected chi connectivity index (χ0v) is 8.02. The normalized spacial score (nSPS) is 10.5. The van der Waals surface area contributed by atoms with Crippen molar-refractivity contribution >= 4 is 11.4 Å². The lowest BCUT2D eigenvalue weighted by Crippen LogP contribution is -1.99. The highest BCUT2D eigenvalue weighted by molar-refractivity contribution is 5.61. The molecule has 14 heavy (non-hydrogen) atoms. The molecular weight excluding hydrogens is 184 g/mol. The summed E-state index contributed by atoms with van der Waals surface area (Å²) in [5.41, 5.74) is 6.21. The van der Waals surface area contributed by atoms with Crippen LogP contribution in [0.3, 0.4) is 0 Å². The number of nitrogens with zero attached hydrogens (tertiary/aromatic N) is 1. The molecule has 0 aliphatic carbocycles. The van der Waals surface area contributed by atoms with Crippen LogP contribution < -0.4 is 5.73 Å². The Labute approximate surface area is 81.3 Å². The Morgan fingerprint density at radius 3 is 2.43 bits per heavy atom. The van der Waals surface area contributed by atoms with Crippen LogP contribution in [0, 0.1) is 10.1 Å². The van der Waals surface area contributed by atoms with Crippen LogP contribution in [0.15, 0.2) is 12.1 Å². The van der Waals surface area contributed by atoms with Gasteiger partial charge in [-0.15, -0.1) is 0 Å². The standard InChI is InChI=1S/C9H12N2O3/c1-5(2)9-7(10)3-6(11(13)14)4-8(9)12/h3-5,12H,10H2,1-2H3. The SMILES string of the molecule is CC(C)c1c(N)cc([N+](=O)[O-])cc1O. The third kappa shape index (κ3) is 1.76. The summed E-state index contributed by atoms with van der Waals surface area (Å²) in [5.74, 6) is -0.0810. The summed E-state index contributed by atoms with van der Waals surface area (Å²) < 4.78 is 0. The Balaban J connectivity index is 3.32. The molecule has 5 heteroatoms. The highest BCUT2D eigenvalue weighted by Gasteiger charge is 2.16. The van der Waals surface area contributed by atoms with E-state index in [1.54, 1.807) is 0 Å². The molecule has 0 aliphatic heterocycles. The molecule has 3 N–H and O–H groups in total. The van der Waals surface area contributed by atoms with Gasteiger partial charge in [-0.2, -0.15) is 0 Å². The maximum atomic E-state index is 10.4. The molecule has 0 atom stereocenters. The second-order valence-corrected chi connectivity index (χ2v) is 3.38. The van der Waals surface area contributed by atoms with Gasteiger partial charge < -0.3 is 10.8 Å². The fourth-order valence-corrected chi connectivity index (χ4v) is 1.38. The molecule has 0 spiro atoms. The molecule has 0 amide bonds. The van der Waals surface area contributed by atoms with Crippen molar-refractivity contribution in [1.82, 2.24) is 0 Å². The van der Waals surface area contributed by atoms with Gasteiger partial charge in [-0.25, -0.2) is 0 Å². The summed E-state index contributed by atoms with van der Waals surface area (Å²) in [6.07, 6.45) is 0. The summed E-state index contributed by atoms with van der Waals surface area (Å²) in [6, 6.07) is 2.38. The van der Waals surface area contributed by atoms with E-state index >= 15 is 0 Å². The van der Waals surface area contributed by atoms with Gasteiger partial charge in [0.05, 0.1) is 11.0 Å². The maximum absolute atomic E-state index is 10.4. The van der Waals surface area contributed by atoms with Crippen LogP contribution >= 0.6 is 0 Å². The van der Waals surface area contributed by atoms with Gasteiger partial charge >= 0.3 is 0 Å². The molecule has 0 saturated heterocycles. The fraction of sp³-hybridized carbons (Fsp3) is 0.333. The van der Waals surface area contributed by atoms with E-state index in [4.69, 9.17) is 5.73 Å². The first-order valence-electron chi connectivity index (χ1n) is 4.20. The van der Waals surface area contributed by atoms with Crippen molar-refractivity contribution in [2.45, 2.75) is 19.8 Å². The Hall–Kier alpha value is -1.78. The quantitative estimate of drug-likeness (QED) is 0.430. The van der Waals surface area contributed by atoms with Crippen molar-refractivity contribution in [2.24, 2.45) is 0 Å². The third-order valence-electron chi connectivity index (χ3n) is 1.96. The number of nitrogen functional groups attached to an aromatic ring is 1. The van der Waals surface area contributed by atoms with Gasteiger partial charge in [0.2, 0.25) is 0 Å². The number of aromatic hydroxyl groups is 1. The van der Waals surface area contributed by atoms with E-state index in [2.05, 4.69) is 0 Å². The van der Waals surface area contributed by atoms with Gasteiger partial charge in [0.25, 0.3) is 5.69 Å². The largest absolute Gasteiger partial charge is 0.507 e. The van der Waals surface area contributed by atoms with Crippen LogP contribution in [0.25, 0.3) is 0 Å². The lowest BCUT2D eigenvalue weighted by atomic mass is 9.99. The van der Waals surface area contributed by atoms with Gasteiger partial charge in [0.1, 0.15) is 5.75 Å². The van der Waals surface area contributed by atoms with E-state index in [1.165, 1.54) is 6.07 Å². The van der Waals surface area contributed by atoms with Gasteiger partial charge in [-0.1, -0.05) is 13.8 Å². The number of nitro groups is 1. The average Bonchev–Trinajstić information content (AvgIpc) is 2.01. The molecule has 0 fully saturated rings. The van der Waals surface area contributed by atoms with Crippen molar-refractivity contribution in [3.05, 3.63) is 27.8 Å². The molecule has 0 aromatic heterocycles.